The van der Waals surface area contributed by atoms with E-state index in [1.54, 1.807) is 23.1 Å². The average Bonchev–Trinajstić information content (AvgIpc) is 3.18. The fourth-order valence-electron chi connectivity index (χ4n) is 2.65. The van der Waals surface area contributed by atoms with Crippen molar-refractivity contribution in [3.63, 3.8) is 0 Å². The predicted molar refractivity (Wildman–Crippen MR) is 110 cm³/mol. The lowest BCUT2D eigenvalue weighted by atomic mass is 10.1. The van der Waals surface area contributed by atoms with Crippen LogP contribution in [0, 0.1) is 0 Å². The van der Waals surface area contributed by atoms with Crippen molar-refractivity contribution in [2.75, 3.05) is 18.9 Å². The summed E-state index contributed by atoms with van der Waals surface area (Å²) in [6.45, 7) is 2.31. The number of anilines is 1. The molecule has 6 nitrogen and oxygen atoms in total. The molecule has 0 bridgehead atoms. The number of hydrogen-bond donors (Lipinski definition) is 1. The minimum atomic E-state index is -0.118. The highest BCUT2D eigenvalue weighted by Gasteiger charge is 2.16. The molecule has 1 N–H and O–H groups in total. The Balaban J connectivity index is 1.61. The minimum Gasteiger partial charge on any atom is -0.324 e. The molecule has 0 spiro atoms. The number of aromatic nitrogens is 3. The molecule has 140 valence electrons. The molecule has 1 amide bonds. The van der Waals surface area contributed by atoms with Crippen molar-refractivity contribution < 1.29 is 4.79 Å². The number of nitrogens with one attached hydrogen (secondary N) is 1. The van der Waals surface area contributed by atoms with Gasteiger partial charge >= 0.3 is 0 Å². The molecular weight excluding hydrogens is 430 g/mol. The van der Waals surface area contributed by atoms with Gasteiger partial charge in [-0.15, -0.1) is 0 Å². The molecule has 1 atom stereocenters. The quantitative estimate of drug-likeness (QED) is 0.610. The number of likely N-dealkylation sites (N-methyl/N-ethyl adjacent to an activating group) is 1. The van der Waals surface area contributed by atoms with Gasteiger partial charge in [0.1, 0.15) is 12.7 Å². The van der Waals surface area contributed by atoms with Crippen molar-refractivity contribution in [1.29, 1.82) is 0 Å². The fraction of sp³-hybridized carbons (Fsp3) is 0.211. The summed E-state index contributed by atoms with van der Waals surface area (Å²) in [5.41, 5.74) is 2.65. The second-order valence-electron chi connectivity index (χ2n) is 6.20. The van der Waals surface area contributed by atoms with E-state index in [2.05, 4.69) is 38.3 Å². The number of amides is 1. The normalized spacial score (nSPS) is 12.2. The van der Waals surface area contributed by atoms with Crippen LogP contribution in [0.4, 0.5) is 5.69 Å². The van der Waals surface area contributed by atoms with Gasteiger partial charge < -0.3 is 5.32 Å². The number of benzene rings is 2. The van der Waals surface area contributed by atoms with E-state index < -0.39 is 0 Å². The number of halogens is 2. The van der Waals surface area contributed by atoms with E-state index >= 15 is 0 Å². The second-order valence-corrected chi connectivity index (χ2v) is 7.52. The van der Waals surface area contributed by atoms with E-state index in [1.165, 1.54) is 6.33 Å². The smallest absolute Gasteiger partial charge is 0.238 e. The van der Waals surface area contributed by atoms with E-state index in [-0.39, 0.29) is 18.5 Å². The Morgan fingerprint density at radius 1 is 1.30 bits per heavy atom. The van der Waals surface area contributed by atoms with Crippen LogP contribution in [0.25, 0.3) is 5.69 Å². The van der Waals surface area contributed by atoms with Crippen LogP contribution < -0.4 is 5.32 Å². The van der Waals surface area contributed by atoms with Gasteiger partial charge in [-0.05, 0) is 49.9 Å². The summed E-state index contributed by atoms with van der Waals surface area (Å²) in [5, 5.41) is 7.46. The van der Waals surface area contributed by atoms with Gasteiger partial charge in [0, 0.05) is 10.5 Å². The van der Waals surface area contributed by atoms with Crippen LogP contribution in [0.15, 0.2) is 59.6 Å². The number of carbonyl (C=O) groups excluding carboxylic acids is 1. The fourth-order valence-corrected chi connectivity index (χ4v) is 3.37. The molecule has 0 aliphatic heterocycles. The van der Waals surface area contributed by atoms with Crippen LogP contribution in [0.2, 0.25) is 5.02 Å². The van der Waals surface area contributed by atoms with E-state index in [1.807, 2.05) is 42.3 Å². The van der Waals surface area contributed by atoms with Gasteiger partial charge in [0.15, 0.2) is 0 Å². The van der Waals surface area contributed by atoms with Crippen molar-refractivity contribution in [1.82, 2.24) is 19.7 Å². The highest BCUT2D eigenvalue weighted by Crippen LogP contribution is 2.26. The summed E-state index contributed by atoms with van der Waals surface area (Å²) in [4.78, 5) is 18.3. The first kappa shape index (κ1) is 19.5. The maximum Gasteiger partial charge on any atom is 0.238 e. The zero-order valence-corrected chi connectivity index (χ0v) is 17.3. The first-order chi connectivity index (χ1) is 12.9. The predicted octanol–water partition coefficient (Wildman–Crippen LogP) is 4.31. The molecule has 1 heterocycles. The molecule has 0 saturated carbocycles. The Morgan fingerprint density at radius 2 is 2.04 bits per heavy atom. The maximum absolute atomic E-state index is 12.4. The lowest BCUT2D eigenvalue weighted by Crippen LogP contribution is -2.32. The van der Waals surface area contributed by atoms with Crippen molar-refractivity contribution in [3.8, 4) is 5.69 Å². The maximum atomic E-state index is 12.4. The topological polar surface area (TPSA) is 63.1 Å². The third-order valence-electron chi connectivity index (χ3n) is 4.32. The van der Waals surface area contributed by atoms with Crippen molar-refractivity contribution in [3.05, 3.63) is 70.2 Å². The Bertz CT molecular complexity index is 914. The standard InChI is InChI=1S/C19H19BrClN5O/c1-13(14-3-6-16(7-4-14)26-12-22-11-23-26)25(2)10-19(27)24-18-8-5-15(20)9-17(18)21/h3-9,11-13H,10H2,1-2H3,(H,24,27)/t13-/m1/s1. The van der Waals surface area contributed by atoms with Gasteiger partial charge in [0.25, 0.3) is 0 Å². The van der Waals surface area contributed by atoms with Gasteiger partial charge in [0.2, 0.25) is 5.91 Å². The van der Waals surface area contributed by atoms with Gasteiger partial charge in [-0.1, -0.05) is 39.7 Å². The van der Waals surface area contributed by atoms with Crippen LogP contribution in [-0.4, -0.2) is 39.2 Å². The number of hydrogen-bond acceptors (Lipinski definition) is 4. The van der Waals surface area contributed by atoms with Crippen LogP contribution >= 0.6 is 27.5 Å². The van der Waals surface area contributed by atoms with E-state index in [0.29, 0.717) is 10.7 Å². The Hall–Kier alpha value is -2.22. The van der Waals surface area contributed by atoms with E-state index in [9.17, 15) is 4.79 Å². The van der Waals surface area contributed by atoms with E-state index in [0.717, 1.165) is 15.7 Å². The number of rotatable bonds is 6. The largest absolute Gasteiger partial charge is 0.324 e. The third kappa shape index (κ3) is 4.94. The van der Waals surface area contributed by atoms with Crippen molar-refractivity contribution in [2.24, 2.45) is 0 Å². The summed E-state index contributed by atoms with van der Waals surface area (Å²) < 4.78 is 2.57. The SMILES string of the molecule is C[C@H](c1ccc(-n2cncn2)cc1)N(C)CC(=O)Nc1ccc(Br)cc1Cl. The lowest BCUT2D eigenvalue weighted by Gasteiger charge is -2.24. The van der Waals surface area contributed by atoms with Crippen molar-refractivity contribution >= 4 is 39.1 Å². The average molecular weight is 449 g/mol. The lowest BCUT2D eigenvalue weighted by molar-refractivity contribution is -0.117. The number of carbonyl (C=O) groups is 1. The van der Waals surface area contributed by atoms with Crippen LogP contribution in [0.1, 0.15) is 18.5 Å². The molecule has 1 aromatic heterocycles. The molecule has 0 radical (unpaired) electrons. The molecule has 27 heavy (non-hydrogen) atoms. The highest BCUT2D eigenvalue weighted by molar-refractivity contribution is 9.10. The molecule has 8 heteroatoms. The van der Waals surface area contributed by atoms with Gasteiger partial charge in [-0.3, -0.25) is 9.69 Å². The first-order valence-corrected chi connectivity index (χ1v) is 9.51. The summed E-state index contributed by atoms with van der Waals surface area (Å²) in [6.07, 6.45) is 3.16. The molecule has 0 saturated heterocycles. The molecule has 0 fully saturated rings. The van der Waals surface area contributed by atoms with Crippen molar-refractivity contribution in [2.45, 2.75) is 13.0 Å². The molecule has 2 aromatic carbocycles. The van der Waals surface area contributed by atoms with Crippen LogP contribution in [0.3, 0.4) is 0 Å². The monoisotopic (exact) mass is 447 g/mol. The summed E-state index contributed by atoms with van der Waals surface area (Å²) in [6, 6.07) is 13.5. The molecule has 0 aliphatic rings. The summed E-state index contributed by atoms with van der Waals surface area (Å²) in [7, 11) is 1.92. The zero-order chi connectivity index (χ0) is 19.4. The molecule has 0 aliphatic carbocycles. The van der Waals surface area contributed by atoms with Gasteiger partial charge in [-0.25, -0.2) is 9.67 Å². The molecular formula is C19H19BrClN5O. The molecule has 3 rings (SSSR count). The Labute approximate surface area is 171 Å². The third-order valence-corrected chi connectivity index (χ3v) is 5.12. The second kappa shape index (κ2) is 8.65. The van der Waals surface area contributed by atoms with Crippen LogP contribution in [0.5, 0.6) is 0 Å². The Morgan fingerprint density at radius 3 is 2.67 bits per heavy atom. The molecule has 0 unspecified atom stereocenters. The van der Waals surface area contributed by atoms with E-state index in [4.69, 9.17) is 11.6 Å². The Kier molecular flexibility index (Phi) is 6.26. The van der Waals surface area contributed by atoms with Gasteiger partial charge in [0.05, 0.1) is 22.9 Å². The number of nitrogens with zero attached hydrogens (tertiary/aromatic N) is 4. The van der Waals surface area contributed by atoms with Gasteiger partial charge in [-0.2, -0.15) is 5.10 Å². The first-order valence-electron chi connectivity index (χ1n) is 8.34. The summed E-state index contributed by atoms with van der Waals surface area (Å²) >= 11 is 9.51. The summed E-state index contributed by atoms with van der Waals surface area (Å²) in [5.74, 6) is -0.118. The molecule has 3 aromatic rings. The minimum absolute atomic E-state index is 0.0703. The zero-order valence-electron chi connectivity index (χ0n) is 14.9. The van der Waals surface area contributed by atoms with Crippen LogP contribution in [-0.2, 0) is 4.79 Å². The highest BCUT2D eigenvalue weighted by atomic mass is 79.9.